The van der Waals surface area contributed by atoms with Gasteiger partial charge in [0, 0.05) is 40.9 Å². The number of nitrogens with zero attached hydrogens (tertiary/aromatic N) is 1. The highest BCUT2D eigenvalue weighted by molar-refractivity contribution is 6.31. The summed E-state index contributed by atoms with van der Waals surface area (Å²) in [6.45, 7) is 6.04. The largest absolute Gasteiger partial charge is 0.383 e. The highest BCUT2D eigenvalue weighted by Crippen LogP contribution is 2.25. The molecule has 0 radical (unpaired) electrons. The van der Waals surface area contributed by atoms with E-state index in [2.05, 4.69) is 71.9 Å². The third kappa shape index (κ3) is 4.11. The van der Waals surface area contributed by atoms with E-state index in [4.69, 9.17) is 11.6 Å². The fourth-order valence-electron chi connectivity index (χ4n) is 3.44. The Balaban J connectivity index is 1.46. The van der Waals surface area contributed by atoms with Crippen molar-refractivity contribution in [1.82, 2.24) is 10.3 Å². The fourth-order valence-corrected chi connectivity index (χ4v) is 3.60. The minimum atomic E-state index is -0.0844. The SMILES string of the molecule is CC(C)(CNc1ccnc2cc(Cl)ccc12)NCc1cccc2ccccc12. The van der Waals surface area contributed by atoms with E-state index < -0.39 is 0 Å². The van der Waals surface area contributed by atoms with Gasteiger partial charge in [0.2, 0.25) is 0 Å². The van der Waals surface area contributed by atoms with E-state index in [1.54, 1.807) is 0 Å². The van der Waals surface area contributed by atoms with Crippen molar-refractivity contribution in [2.24, 2.45) is 0 Å². The molecule has 0 bridgehead atoms. The summed E-state index contributed by atoms with van der Waals surface area (Å²) in [5.41, 5.74) is 3.20. The van der Waals surface area contributed by atoms with Gasteiger partial charge in [0.05, 0.1) is 5.52 Å². The topological polar surface area (TPSA) is 37.0 Å². The Bertz CT molecular complexity index is 1120. The monoisotopic (exact) mass is 389 g/mol. The van der Waals surface area contributed by atoms with Crippen molar-refractivity contribution in [2.45, 2.75) is 25.9 Å². The first kappa shape index (κ1) is 18.7. The molecule has 4 aromatic rings. The van der Waals surface area contributed by atoms with Gasteiger partial charge in [-0.25, -0.2) is 0 Å². The Kier molecular flexibility index (Phi) is 5.21. The minimum absolute atomic E-state index is 0.0844. The lowest BCUT2D eigenvalue weighted by Crippen LogP contribution is -2.44. The van der Waals surface area contributed by atoms with E-state index >= 15 is 0 Å². The van der Waals surface area contributed by atoms with Gasteiger partial charge in [-0.2, -0.15) is 0 Å². The summed E-state index contributed by atoms with van der Waals surface area (Å²) in [7, 11) is 0. The molecule has 0 aliphatic heterocycles. The number of pyridine rings is 1. The van der Waals surface area contributed by atoms with Crippen molar-refractivity contribution in [3.05, 3.63) is 83.5 Å². The van der Waals surface area contributed by atoms with E-state index in [0.717, 1.165) is 29.7 Å². The molecule has 0 saturated carbocycles. The van der Waals surface area contributed by atoms with Crippen molar-refractivity contribution in [3.63, 3.8) is 0 Å². The molecule has 1 heterocycles. The first-order valence-corrected chi connectivity index (χ1v) is 9.89. The number of nitrogens with one attached hydrogen (secondary N) is 2. The molecule has 0 saturated heterocycles. The van der Waals surface area contributed by atoms with Gasteiger partial charge in [0.25, 0.3) is 0 Å². The van der Waals surface area contributed by atoms with Crippen LogP contribution in [-0.4, -0.2) is 17.1 Å². The molecular weight excluding hydrogens is 366 g/mol. The number of rotatable bonds is 6. The zero-order valence-corrected chi connectivity index (χ0v) is 16.9. The first-order valence-electron chi connectivity index (χ1n) is 9.52. The number of anilines is 1. The molecule has 0 unspecified atom stereocenters. The first-order chi connectivity index (χ1) is 13.5. The Hall–Kier alpha value is -2.62. The predicted molar refractivity (Wildman–Crippen MR) is 120 cm³/mol. The normalized spacial score (nSPS) is 11.8. The molecule has 3 nitrogen and oxygen atoms in total. The Morgan fingerprint density at radius 3 is 2.64 bits per heavy atom. The van der Waals surface area contributed by atoms with Gasteiger partial charge in [0.1, 0.15) is 0 Å². The van der Waals surface area contributed by atoms with Crippen LogP contribution < -0.4 is 10.6 Å². The molecule has 28 heavy (non-hydrogen) atoms. The van der Waals surface area contributed by atoms with Crippen molar-refractivity contribution in [1.29, 1.82) is 0 Å². The van der Waals surface area contributed by atoms with E-state index in [-0.39, 0.29) is 5.54 Å². The summed E-state index contributed by atoms with van der Waals surface area (Å²) >= 11 is 6.09. The van der Waals surface area contributed by atoms with Crippen molar-refractivity contribution >= 4 is 39.0 Å². The van der Waals surface area contributed by atoms with E-state index in [0.29, 0.717) is 5.02 Å². The molecule has 0 spiro atoms. The smallest absolute Gasteiger partial charge is 0.0737 e. The summed E-state index contributed by atoms with van der Waals surface area (Å²) in [4.78, 5) is 4.41. The Labute approximate surface area is 170 Å². The van der Waals surface area contributed by atoms with Crippen LogP contribution in [0.5, 0.6) is 0 Å². The molecule has 0 aliphatic rings. The summed E-state index contributed by atoms with van der Waals surface area (Å²) < 4.78 is 0. The second-order valence-electron chi connectivity index (χ2n) is 7.75. The maximum Gasteiger partial charge on any atom is 0.0737 e. The molecule has 2 N–H and O–H groups in total. The minimum Gasteiger partial charge on any atom is -0.383 e. The summed E-state index contributed by atoms with van der Waals surface area (Å²) in [6, 6.07) is 22.8. The number of fused-ring (bicyclic) bond motifs is 2. The summed E-state index contributed by atoms with van der Waals surface area (Å²) in [5, 5.41) is 11.6. The van der Waals surface area contributed by atoms with Crippen LogP contribution in [0.25, 0.3) is 21.7 Å². The molecule has 0 amide bonds. The molecular formula is C24H24ClN3. The lowest BCUT2D eigenvalue weighted by atomic mass is 10.0. The predicted octanol–water partition coefficient (Wildman–Crippen LogP) is 6.02. The molecule has 0 atom stereocenters. The molecule has 4 rings (SSSR count). The van der Waals surface area contributed by atoms with Gasteiger partial charge in [-0.1, -0.05) is 54.1 Å². The van der Waals surface area contributed by atoms with Gasteiger partial charge in [-0.15, -0.1) is 0 Å². The molecule has 3 aromatic carbocycles. The second kappa shape index (κ2) is 7.78. The zero-order valence-electron chi connectivity index (χ0n) is 16.2. The fraction of sp³-hybridized carbons (Fsp3) is 0.208. The van der Waals surface area contributed by atoms with Crippen LogP contribution in [0.4, 0.5) is 5.69 Å². The quantitative estimate of drug-likeness (QED) is 0.423. The molecule has 0 fully saturated rings. The van der Waals surface area contributed by atoms with Crippen LogP contribution in [0.15, 0.2) is 72.9 Å². The maximum atomic E-state index is 6.09. The van der Waals surface area contributed by atoms with Gasteiger partial charge < -0.3 is 10.6 Å². The van der Waals surface area contributed by atoms with Crippen molar-refractivity contribution in [2.75, 3.05) is 11.9 Å². The lowest BCUT2D eigenvalue weighted by molar-refractivity contribution is 0.408. The zero-order chi connectivity index (χ0) is 19.6. The summed E-state index contributed by atoms with van der Waals surface area (Å²) in [5.74, 6) is 0. The van der Waals surface area contributed by atoms with E-state index in [9.17, 15) is 0 Å². The average Bonchev–Trinajstić information content (AvgIpc) is 2.70. The maximum absolute atomic E-state index is 6.09. The molecule has 4 heteroatoms. The molecule has 0 aliphatic carbocycles. The van der Waals surface area contributed by atoms with Crippen LogP contribution in [0.1, 0.15) is 19.4 Å². The Morgan fingerprint density at radius 2 is 1.75 bits per heavy atom. The van der Waals surface area contributed by atoms with Crippen LogP contribution >= 0.6 is 11.6 Å². The highest BCUT2D eigenvalue weighted by atomic mass is 35.5. The number of hydrogen-bond donors (Lipinski definition) is 2. The third-order valence-electron chi connectivity index (χ3n) is 5.06. The number of hydrogen-bond acceptors (Lipinski definition) is 3. The van der Waals surface area contributed by atoms with Gasteiger partial charge >= 0.3 is 0 Å². The highest BCUT2D eigenvalue weighted by Gasteiger charge is 2.17. The van der Waals surface area contributed by atoms with Crippen molar-refractivity contribution < 1.29 is 0 Å². The van der Waals surface area contributed by atoms with Gasteiger partial charge in [-0.3, -0.25) is 4.98 Å². The molecule has 142 valence electrons. The Morgan fingerprint density at radius 1 is 0.929 bits per heavy atom. The number of halogens is 1. The van der Waals surface area contributed by atoms with E-state index in [1.807, 2.05) is 30.5 Å². The van der Waals surface area contributed by atoms with Crippen LogP contribution in [0.3, 0.4) is 0 Å². The summed E-state index contributed by atoms with van der Waals surface area (Å²) in [6.07, 6.45) is 1.82. The number of benzene rings is 3. The van der Waals surface area contributed by atoms with Gasteiger partial charge in [0.15, 0.2) is 0 Å². The van der Waals surface area contributed by atoms with E-state index in [1.165, 1.54) is 16.3 Å². The van der Waals surface area contributed by atoms with Crippen LogP contribution in [0.2, 0.25) is 5.02 Å². The van der Waals surface area contributed by atoms with Gasteiger partial charge in [-0.05, 0) is 54.4 Å². The lowest BCUT2D eigenvalue weighted by Gasteiger charge is -2.28. The molecule has 1 aromatic heterocycles. The second-order valence-corrected chi connectivity index (χ2v) is 8.19. The third-order valence-corrected chi connectivity index (χ3v) is 5.30. The van der Waals surface area contributed by atoms with Crippen LogP contribution in [-0.2, 0) is 6.54 Å². The number of aromatic nitrogens is 1. The average molecular weight is 390 g/mol. The van der Waals surface area contributed by atoms with Crippen molar-refractivity contribution in [3.8, 4) is 0 Å². The van der Waals surface area contributed by atoms with Crippen LogP contribution in [0, 0.1) is 0 Å². The standard InChI is InChI=1S/C24H24ClN3/c1-24(2,28-15-18-8-5-7-17-6-3-4-9-20(17)18)16-27-22-12-13-26-23-14-19(25)10-11-21(22)23/h3-14,28H,15-16H2,1-2H3,(H,26,27).